The molecule has 1 amide bonds. The number of fused-ring (bicyclic) bond motifs is 1. The number of hydrogen-bond acceptors (Lipinski definition) is 5. The molecule has 0 radical (unpaired) electrons. The van der Waals surface area contributed by atoms with Crippen molar-refractivity contribution < 1.29 is 23.5 Å². The third-order valence-electron chi connectivity index (χ3n) is 5.60. The lowest BCUT2D eigenvalue weighted by molar-refractivity contribution is -0.148. The Labute approximate surface area is 165 Å². The Balaban J connectivity index is 1.82. The van der Waals surface area contributed by atoms with Crippen LogP contribution in [0.2, 0.25) is 0 Å². The molecule has 1 aliphatic heterocycles. The fourth-order valence-corrected chi connectivity index (χ4v) is 3.70. The first-order valence-corrected chi connectivity index (χ1v) is 9.48. The zero-order valence-electron chi connectivity index (χ0n) is 17.1. The maximum atomic E-state index is 12.7. The number of allylic oxidation sites excluding steroid dienone is 1. The van der Waals surface area contributed by atoms with E-state index >= 15 is 0 Å². The van der Waals surface area contributed by atoms with Gasteiger partial charge in [0, 0.05) is 36.2 Å². The van der Waals surface area contributed by atoms with Gasteiger partial charge >= 0.3 is 5.97 Å². The molecule has 0 N–H and O–H groups in total. The molecule has 0 unspecified atom stereocenters. The monoisotopic (exact) mass is 385 g/mol. The van der Waals surface area contributed by atoms with Crippen molar-refractivity contribution in [1.29, 1.82) is 0 Å². The summed E-state index contributed by atoms with van der Waals surface area (Å²) < 4.78 is 16.1. The van der Waals surface area contributed by atoms with Crippen molar-refractivity contribution in [1.82, 2.24) is 4.90 Å². The molecule has 1 saturated heterocycles. The number of amides is 1. The second kappa shape index (κ2) is 8.09. The molecule has 150 valence electrons. The van der Waals surface area contributed by atoms with E-state index in [2.05, 4.69) is 0 Å². The maximum Gasteiger partial charge on any atom is 0.308 e. The highest BCUT2D eigenvalue weighted by atomic mass is 16.5. The van der Waals surface area contributed by atoms with Crippen LogP contribution in [0, 0.1) is 19.8 Å². The predicted octanol–water partition coefficient (Wildman–Crippen LogP) is 3.87. The number of esters is 1. The molecular weight excluding hydrogens is 358 g/mol. The summed E-state index contributed by atoms with van der Waals surface area (Å²) in [6.45, 7) is 6.97. The Morgan fingerprint density at radius 1 is 1.18 bits per heavy atom. The number of benzene rings is 1. The van der Waals surface area contributed by atoms with Crippen LogP contribution in [0.15, 0.2) is 22.6 Å². The van der Waals surface area contributed by atoms with E-state index in [9.17, 15) is 9.59 Å². The van der Waals surface area contributed by atoms with E-state index in [1.54, 1.807) is 18.1 Å². The largest absolute Gasteiger partial charge is 0.496 e. The SMILES string of the molecule is COC(=O)C1CCN(C(=O)/C=C(\C)c2cc3c(C)c(C)oc3cc2OC)CC1. The Hall–Kier alpha value is -2.76. The van der Waals surface area contributed by atoms with Crippen LogP contribution in [0.3, 0.4) is 0 Å². The van der Waals surface area contributed by atoms with Crippen molar-refractivity contribution in [2.75, 3.05) is 27.3 Å². The predicted molar refractivity (Wildman–Crippen MR) is 107 cm³/mol. The van der Waals surface area contributed by atoms with E-state index in [0.29, 0.717) is 31.7 Å². The Morgan fingerprint density at radius 3 is 2.46 bits per heavy atom. The van der Waals surface area contributed by atoms with Crippen LogP contribution in [0.4, 0.5) is 0 Å². The lowest BCUT2D eigenvalue weighted by Crippen LogP contribution is -2.39. The number of carbonyl (C=O) groups excluding carboxylic acids is 2. The summed E-state index contributed by atoms with van der Waals surface area (Å²) in [5.74, 6) is 1.19. The second-order valence-electron chi connectivity index (χ2n) is 7.28. The molecule has 6 heteroatoms. The quantitative estimate of drug-likeness (QED) is 0.590. The molecule has 1 fully saturated rings. The lowest BCUT2D eigenvalue weighted by atomic mass is 9.96. The third-order valence-corrected chi connectivity index (χ3v) is 5.60. The van der Waals surface area contributed by atoms with Gasteiger partial charge in [-0.1, -0.05) is 0 Å². The second-order valence-corrected chi connectivity index (χ2v) is 7.28. The number of ether oxygens (including phenoxy) is 2. The minimum absolute atomic E-state index is 0.0527. The Kier molecular flexibility index (Phi) is 5.77. The van der Waals surface area contributed by atoms with E-state index < -0.39 is 0 Å². The molecule has 1 aromatic carbocycles. The zero-order chi connectivity index (χ0) is 20.4. The zero-order valence-corrected chi connectivity index (χ0v) is 17.1. The maximum absolute atomic E-state index is 12.7. The van der Waals surface area contributed by atoms with Crippen LogP contribution in [0.1, 0.15) is 36.7 Å². The average Bonchev–Trinajstić information content (AvgIpc) is 2.99. The fraction of sp³-hybridized carbons (Fsp3) is 0.455. The van der Waals surface area contributed by atoms with E-state index in [1.165, 1.54) is 7.11 Å². The van der Waals surface area contributed by atoms with Gasteiger partial charge in [-0.15, -0.1) is 0 Å². The molecule has 0 spiro atoms. The summed E-state index contributed by atoms with van der Waals surface area (Å²) >= 11 is 0. The van der Waals surface area contributed by atoms with Gasteiger partial charge < -0.3 is 18.8 Å². The molecule has 1 aromatic heterocycles. The number of rotatable bonds is 4. The number of aryl methyl sites for hydroxylation is 2. The molecule has 0 atom stereocenters. The van der Waals surface area contributed by atoms with Gasteiger partial charge in [-0.2, -0.15) is 0 Å². The number of nitrogens with zero attached hydrogens (tertiary/aromatic N) is 1. The van der Waals surface area contributed by atoms with Crippen molar-refractivity contribution in [2.45, 2.75) is 33.6 Å². The smallest absolute Gasteiger partial charge is 0.308 e. The van der Waals surface area contributed by atoms with Crippen molar-refractivity contribution in [3.8, 4) is 5.75 Å². The molecule has 2 heterocycles. The molecular formula is C22H27NO5. The topological polar surface area (TPSA) is 69.0 Å². The molecule has 0 aliphatic carbocycles. The molecule has 2 aromatic rings. The van der Waals surface area contributed by atoms with Gasteiger partial charge in [0.15, 0.2) is 0 Å². The van der Waals surface area contributed by atoms with E-state index in [1.807, 2.05) is 32.9 Å². The number of piperidine rings is 1. The highest BCUT2D eigenvalue weighted by Crippen LogP contribution is 2.35. The first-order chi connectivity index (χ1) is 13.3. The van der Waals surface area contributed by atoms with Gasteiger partial charge in [-0.3, -0.25) is 9.59 Å². The highest BCUT2D eigenvalue weighted by Gasteiger charge is 2.27. The van der Waals surface area contributed by atoms with E-state index in [-0.39, 0.29) is 17.8 Å². The van der Waals surface area contributed by atoms with Crippen LogP contribution in [-0.2, 0) is 14.3 Å². The molecule has 1 aliphatic rings. The molecule has 3 rings (SSSR count). The average molecular weight is 385 g/mol. The molecule has 28 heavy (non-hydrogen) atoms. The summed E-state index contributed by atoms with van der Waals surface area (Å²) in [7, 11) is 3.01. The van der Waals surface area contributed by atoms with Gasteiger partial charge in [-0.25, -0.2) is 0 Å². The summed E-state index contributed by atoms with van der Waals surface area (Å²) in [5, 5.41) is 1.02. The van der Waals surface area contributed by atoms with Crippen LogP contribution in [0.5, 0.6) is 5.75 Å². The molecule has 0 bridgehead atoms. The third kappa shape index (κ3) is 3.77. The standard InChI is InChI=1S/C22H27NO5/c1-13(10-21(24)23-8-6-16(7-9-23)22(25)27-5)17-11-18-14(2)15(3)28-20(18)12-19(17)26-4/h10-12,16H,6-9H2,1-5H3/b13-10+. The first kappa shape index (κ1) is 20.0. The molecule has 0 saturated carbocycles. The number of methoxy groups -OCH3 is 2. The van der Waals surface area contributed by atoms with Crippen LogP contribution in [-0.4, -0.2) is 44.1 Å². The summed E-state index contributed by atoms with van der Waals surface area (Å²) in [6, 6.07) is 3.89. The van der Waals surface area contributed by atoms with Gasteiger partial charge in [0.25, 0.3) is 0 Å². The molecule has 6 nitrogen and oxygen atoms in total. The van der Waals surface area contributed by atoms with Gasteiger partial charge in [0.2, 0.25) is 5.91 Å². The van der Waals surface area contributed by atoms with Crippen molar-refractivity contribution in [3.63, 3.8) is 0 Å². The highest BCUT2D eigenvalue weighted by molar-refractivity contribution is 5.97. The Morgan fingerprint density at radius 2 is 1.86 bits per heavy atom. The normalized spacial score (nSPS) is 15.8. The van der Waals surface area contributed by atoms with Gasteiger partial charge in [0.1, 0.15) is 17.1 Å². The minimum Gasteiger partial charge on any atom is -0.496 e. The van der Waals surface area contributed by atoms with Gasteiger partial charge in [-0.05, 0) is 50.8 Å². The Bertz CT molecular complexity index is 932. The number of carbonyl (C=O) groups is 2. The summed E-state index contributed by atoms with van der Waals surface area (Å²) in [6.07, 6.45) is 2.91. The summed E-state index contributed by atoms with van der Waals surface area (Å²) in [5.41, 5.74) is 3.57. The van der Waals surface area contributed by atoms with Crippen molar-refractivity contribution in [3.05, 3.63) is 35.1 Å². The van der Waals surface area contributed by atoms with Crippen LogP contribution in [0.25, 0.3) is 16.5 Å². The number of likely N-dealkylation sites (tertiary alicyclic amines) is 1. The van der Waals surface area contributed by atoms with Crippen LogP contribution < -0.4 is 4.74 Å². The van der Waals surface area contributed by atoms with Crippen molar-refractivity contribution >= 4 is 28.4 Å². The minimum atomic E-state index is -0.192. The number of hydrogen-bond donors (Lipinski definition) is 0. The van der Waals surface area contributed by atoms with E-state index in [4.69, 9.17) is 13.9 Å². The lowest BCUT2D eigenvalue weighted by Gasteiger charge is -2.30. The number of furan rings is 1. The first-order valence-electron chi connectivity index (χ1n) is 9.48. The van der Waals surface area contributed by atoms with E-state index in [0.717, 1.165) is 33.4 Å². The van der Waals surface area contributed by atoms with Crippen molar-refractivity contribution in [2.24, 2.45) is 5.92 Å². The van der Waals surface area contributed by atoms with Crippen LogP contribution >= 0.6 is 0 Å². The fourth-order valence-electron chi connectivity index (χ4n) is 3.70. The van der Waals surface area contributed by atoms with Gasteiger partial charge in [0.05, 0.1) is 20.1 Å². The summed E-state index contributed by atoms with van der Waals surface area (Å²) in [4.78, 5) is 26.2.